The lowest BCUT2D eigenvalue weighted by molar-refractivity contribution is -0.126. The fraction of sp³-hybridized carbons (Fsp3) is 0.200. The third-order valence-electron chi connectivity index (χ3n) is 5.33. The predicted molar refractivity (Wildman–Crippen MR) is 114 cm³/mol. The molecule has 1 aliphatic carbocycles. The molecule has 4 nitrogen and oxygen atoms in total. The first-order valence-corrected chi connectivity index (χ1v) is 9.86. The molecule has 0 radical (unpaired) electrons. The Morgan fingerprint density at radius 3 is 2.69 bits per heavy atom. The SMILES string of the molecule is CN(C(=O)/C=C/c1ccc(OCc2ccccn2)cc1)[C@@H]1CCc2ccccc21. The van der Waals surface area contributed by atoms with Gasteiger partial charge in [0.25, 0.3) is 0 Å². The van der Waals surface area contributed by atoms with Crippen molar-refractivity contribution < 1.29 is 9.53 Å². The first kappa shape index (κ1) is 18.9. The normalized spacial score (nSPS) is 15.3. The standard InChI is InChI=1S/C25H24N2O2/c1-27(24-15-12-20-6-2-3-8-23(20)24)25(28)16-11-19-9-13-22(14-10-19)29-18-21-7-4-5-17-26-21/h2-11,13-14,16-17,24H,12,15,18H2,1H3/b16-11+/t24-/m1/s1. The fourth-order valence-electron chi connectivity index (χ4n) is 3.69. The van der Waals surface area contributed by atoms with Crippen molar-refractivity contribution in [2.45, 2.75) is 25.5 Å². The lowest BCUT2D eigenvalue weighted by Gasteiger charge is -2.24. The Morgan fingerprint density at radius 2 is 1.90 bits per heavy atom. The van der Waals surface area contributed by atoms with Crippen molar-refractivity contribution in [1.29, 1.82) is 0 Å². The number of likely N-dealkylation sites (N-methyl/N-ethyl adjacent to an activating group) is 1. The summed E-state index contributed by atoms with van der Waals surface area (Å²) in [5.41, 5.74) is 4.47. The van der Waals surface area contributed by atoms with Crippen LogP contribution in [0.3, 0.4) is 0 Å². The highest BCUT2D eigenvalue weighted by Crippen LogP contribution is 2.34. The van der Waals surface area contributed by atoms with E-state index in [4.69, 9.17) is 4.74 Å². The van der Waals surface area contributed by atoms with Crippen molar-refractivity contribution in [3.63, 3.8) is 0 Å². The Bertz CT molecular complexity index is 997. The molecule has 1 aliphatic rings. The van der Waals surface area contributed by atoms with Crippen molar-refractivity contribution in [3.05, 3.63) is 101 Å². The van der Waals surface area contributed by atoms with Crippen LogP contribution in [0.2, 0.25) is 0 Å². The van der Waals surface area contributed by atoms with E-state index in [1.165, 1.54) is 11.1 Å². The van der Waals surface area contributed by atoms with Crippen molar-refractivity contribution in [1.82, 2.24) is 9.88 Å². The Labute approximate surface area is 171 Å². The van der Waals surface area contributed by atoms with Gasteiger partial charge in [-0.1, -0.05) is 42.5 Å². The third-order valence-corrected chi connectivity index (χ3v) is 5.33. The number of carbonyl (C=O) groups is 1. The maximum Gasteiger partial charge on any atom is 0.246 e. The minimum atomic E-state index is 0.0159. The van der Waals surface area contributed by atoms with Gasteiger partial charge in [0.1, 0.15) is 12.4 Å². The van der Waals surface area contributed by atoms with Crippen molar-refractivity contribution in [3.8, 4) is 5.75 Å². The van der Waals surface area contributed by atoms with Gasteiger partial charge in [0, 0.05) is 19.3 Å². The molecule has 0 aliphatic heterocycles. The second-order valence-corrected chi connectivity index (χ2v) is 7.21. The predicted octanol–water partition coefficient (Wildman–Crippen LogP) is 4.82. The van der Waals surface area contributed by atoms with Gasteiger partial charge in [0.05, 0.1) is 11.7 Å². The summed E-state index contributed by atoms with van der Waals surface area (Å²) in [6.45, 7) is 0.433. The van der Waals surface area contributed by atoms with Crippen LogP contribution in [0.4, 0.5) is 0 Å². The van der Waals surface area contributed by atoms with E-state index in [1.807, 2.05) is 66.6 Å². The Morgan fingerprint density at radius 1 is 1.10 bits per heavy atom. The summed E-state index contributed by atoms with van der Waals surface area (Å²) in [6.07, 6.45) is 7.26. The number of aryl methyl sites for hydroxylation is 1. The van der Waals surface area contributed by atoms with Gasteiger partial charge in [-0.3, -0.25) is 9.78 Å². The molecule has 0 fully saturated rings. The summed E-state index contributed by atoms with van der Waals surface area (Å²) in [5.74, 6) is 0.793. The minimum absolute atomic E-state index is 0.0159. The molecule has 1 atom stereocenters. The van der Waals surface area contributed by atoms with Crippen LogP contribution in [0, 0.1) is 0 Å². The number of benzene rings is 2. The molecular formula is C25H24N2O2. The second kappa shape index (κ2) is 8.74. The van der Waals surface area contributed by atoms with Crippen molar-refractivity contribution in [2.24, 2.45) is 0 Å². The highest BCUT2D eigenvalue weighted by molar-refractivity contribution is 5.92. The van der Waals surface area contributed by atoms with E-state index in [0.29, 0.717) is 6.61 Å². The summed E-state index contributed by atoms with van der Waals surface area (Å²) in [7, 11) is 1.88. The zero-order chi connectivity index (χ0) is 20.1. The molecule has 3 aromatic rings. The number of ether oxygens (including phenoxy) is 1. The molecule has 2 aromatic carbocycles. The van der Waals surface area contributed by atoms with Crippen LogP contribution in [-0.2, 0) is 17.8 Å². The van der Waals surface area contributed by atoms with Gasteiger partial charge in [0.15, 0.2) is 0 Å². The van der Waals surface area contributed by atoms with Crippen LogP contribution >= 0.6 is 0 Å². The minimum Gasteiger partial charge on any atom is -0.487 e. The lowest BCUT2D eigenvalue weighted by Crippen LogP contribution is -2.28. The van der Waals surface area contributed by atoms with E-state index in [0.717, 1.165) is 29.8 Å². The van der Waals surface area contributed by atoms with Gasteiger partial charge < -0.3 is 9.64 Å². The molecule has 1 heterocycles. The van der Waals surface area contributed by atoms with Gasteiger partial charge in [-0.2, -0.15) is 0 Å². The number of hydrogen-bond acceptors (Lipinski definition) is 3. The number of aromatic nitrogens is 1. The molecule has 0 saturated heterocycles. The number of rotatable bonds is 6. The highest BCUT2D eigenvalue weighted by atomic mass is 16.5. The zero-order valence-electron chi connectivity index (χ0n) is 16.5. The van der Waals surface area contributed by atoms with E-state index >= 15 is 0 Å². The summed E-state index contributed by atoms with van der Waals surface area (Å²) < 4.78 is 5.75. The third kappa shape index (κ3) is 4.54. The Balaban J connectivity index is 1.34. The van der Waals surface area contributed by atoms with Gasteiger partial charge in [-0.05, 0) is 59.9 Å². The van der Waals surface area contributed by atoms with Crippen LogP contribution in [0.5, 0.6) is 5.75 Å². The number of fused-ring (bicyclic) bond motifs is 1. The number of hydrogen-bond donors (Lipinski definition) is 0. The molecule has 29 heavy (non-hydrogen) atoms. The quantitative estimate of drug-likeness (QED) is 0.572. The smallest absolute Gasteiger partial charge is 0.246 e. The van der Waals surface area contributed by atoms with Gasteiger partial charge in [-0.25, -0.2) is 0 Å². The van der Waals surface area contributed by atoms with E-state index in [9.17, 15) is 4.79 Å². The second-order valence-electron chi connectivity index (χ2n) is 7.21. The average molecular weight is 384 g/mol. The molecular weight excluding hydrogens is 360 g/mol. The average Bonchev–Trinajstić information content (AvgIpc) is 3.21. The monoisotopic (exact) mass is 384 g/mol. The van der Waals surface area contributed by atoms with Gasteiger partial charge in [-0.15, -0.1) is 0 Å². The van der Waals surface area contributed by atoms with E-state index in [-0.39, 0.29) is 11.9 Å². The van der Waals surface area contributed by atoms with E-state index < -0.39 is 0 Å². The Hall–Kier alpha value is -3.40. The maximum atomic E-state index is 12.6. The topological polar surface area (TPSA) is 42.4 Å². The summed E-state index contributed by atoms with van der Waals surface area (Å²) >= 11 is 0. The molecule has 0 N–H and O–H groups in total. The number of carbonyl (C=O) groups excluding carboxylic acids is 1. The zero-order valence-corrected chi connectivity index (χ0v) is 16.5. The molecule has 0 saturated carbocycles. The molecule has 0 spiro atoms. The van der Waals surface area contributed by atoms with E-state index in [2.05, 4.69) is 23.2 Å². The van der Waals surface area contributed by atoms with E-state index in [1.54, 1.807) is 12.3 Å². The summed E-state index contributed by atoms with van der Waals surface area (Å²) in [6, 6.07) is 22.0. The first-order valence-electron chi connectivity index (χ1n) is 9.86. The number of nitrogens with zero attached hydrogens (tertiary/aromatic N) is 2. The molecule has 1 aromatic heterocycles. The molecule has 0 unspecified atom stereocenters. The van der Waals surface area contributed by atoms with Crippen LogP contribution in [0.25, 0.3) is 6.08 Å². The highest BCUT2D eigenvalue weighted by Gasteiger charge is 2.27. The first-order chi connectivity index (χ1) is 14.2. The summed E-state index contributed by atoms with van der Waals surface area (Å²) in [4.78, 5) is 18.7. The molecule has 4 heteroatoms. The van der Waals surface area contributed by atoms with Gasteiger partial charge >= 0.3 is 0 Å². The largest absolute Gasteiger partial charge is 0.487 e. The van der Waals surface area contributed by atoms with Gasteiger partial charge in [0.2, 0.25) is 5.91 Å². The van der Waals surface area contributed by atoms with Crippen LogP contribution < -0.4 is 4.74 Å². The number of pyridine rings is 1. The number of amides is 1. The van der Waals surface area contributed by atoms with Crippen LogP contribution in [-0.4, -0.2) is 22.8 Å². The molecule has 4 rings (SSSR count). The maximum absolute atomic E-state index is 12.6. The van der Waals surface area contributed by atoms with Crippen LogP contribution in [0.15, 0.2) is 79.0 Å². The Kier molecular flexibility index (Phi) is 5.71. The van der Waals surface area contributed by atoms with Crippen molar-refractivity contribution in [2.75, 3.05) is 7.05 Å². The lowest BCUT2D eigenvalue weighted by atomic mass is 10.1. The molecule has 146 valence electrons. The van der Waals surface area contributed by atoms with Crippen molar-refractivity contribution >= 4 is 12.0 Å². The molecule has 0 bridgehead atoms. The van der Waals surface area contributed by atoms with Crippen LogP contribution in [0.1, 0.15) is 34.8 Å². The fourth-order valence-corrected chi connectivity index (χ4v) is 3.69. The summed E-state index contributed by atoms with van der Waals surface area (Å²) in [5, 5.41) is 0. The molecule has 1 amide bonds.